The molecule has 68 heavy (non-hydrogen) atoms. The molecule has 0 radical (unpaired) electrons. The van der Waals surface area contributed by atoms with Crippen molar-refractivity contribution in [2.45, 2.75) is 119 Å². The SMILES string of the molecule is C=C(C)C(=O)OCCCc1cc(-c2ccc(-c3ccc(-c4ccc(-c5ccc(CCC)cc5)cc4F)c(CC)c3)cc2CC)cc(CCCOC(=O)C(=C)C)c1OCCC(CO)(CO)CCCC. The maximum atomic E-state index is 15.9. The van der Waals surface area contributed by atoms with E-state index in [9.17, 15) is 19.8 Å². The van der Waals surface area contributed by atoms with E-state index in [0.29, 0.717) is 61.0 Å². The van der Waals surface area contributed by atoms with Gasteiger partial charge in [0, 0.05) is 22.1 Å². The van der Waals surface area contributed by atoms with E-state index in [0.717, 1.165) is 99.7 Å². The zero-order valence-corrected chi connectivity index (χ0v) is 41.4. The minimum Gasteiger partial charge on any atom is -0.493 e. The molecule has 8 heteroatoms. The van der Waals surface area contributed by atoms with Crippen LogP contribution in [-0.4, -0.2) is 55.2 Å². The number of halogens is 1. The van der Waals surface area contributed by atoms with Gasteiger partial charge in [-0.15, -0.1) is 0 Å². The second-order valence-electron chi connectivity index (χ2n) is 18.3. The highest BCUT2D eigenvalue weighted by molar-refractivity contribution is 5.87. The van der Waals surface area contributed by atoms with Gasteiger partial charge in [-0.3, -0.25) is 0 Å². The quantitative estimate of drug-likeness (QED) is 0.0307. The van der Waals surface area contributed by atoms with Crippen LogP contribution in [-0.2, 0) is 51.2 Å². The molecule has 0 atom stereocenters. The van der Waals surface area contributed by atoms with Crippen LogP contribution in [0.2, 0.25) is 0 Å². The molecule has 7 nitrogen and oxygen atoms in total. The van der Waals surface area contributed by atoms with Crippen LogP contribution in [0, 0.1) is 11.2 Å². The molecular formula is C60H73FO7. The van der Waals surface area contributed by atoms with Crippen LogP contribution in [0.25, 0.3) is 44.5 Å². The summed E-state index contributed by atoms with van der Waals surface area (Å²) in [6.45, 7) is 19.6. The third-order valence-electron chi connectivity index (χ3n) is 12.9. The summed E-state index contributed by atoms with van der Waals surface area (Å²) in [7, 11) is 0. The van der Waals surface area contributed by atoms with E-state index in [1.165, 1.54) is 5.56 Å². The van der Waals surface area contributed by atoms with Gasteiger partial charge in [-0.25, -0.2) is 14.0 Å². The summed E-state index contributed by atoms with van der Waals surface area (Å²) >= 11 is 0. The van der Waals surface area contributed by atoms with Crippen molar-refractivity contribution in [1.29, 1.82) is 0 Å². The average Bonchev–Trinajstić information content (AvgIpc) is 3.35. The third kappa shape index (κ3) is 14.1. The Kier molecular flexibility index (Phi) is 20.4. The Morgan fingerprint density at radius 3 is 1.51 bits per heavy atom. The van der Waals surface area contributed by atoms with E-state index < -0.39 is 17.4 Å². The Morgan fingerprint density at radius 1 is 0.544 bits per heavy atom. The number of carbonyl (C=O) groups is 2. The molecule has 0 fully saturated rings. The van der Waals surface area contributed by atoms with E-state index in [-0.39, 0.29) is 38.9 Å². The number of aliphatic hydroxyl groups is 2. The van der Waals surface area contributed by atoms with Crippen molar-refractivity contribution in [3.63, 3.8) is 0 Å². The van der Waals surface area contributed by atoms with Gasteiger partial charge in [-0.05, 0) is 157 Å². The van der Waals surface area contributed by atoms with Crippen LogP contribution in [0.15, 0.2) is 115 Å². The van der Waals surface area contributed by atoms with Crippen molar-refractivity contribution in [2.75, 3.05) is 33.0 Å². The van der Waals surface area contributed by atoms with E-state index >= 15 is 4.39 Å². The molecule has 362 valence electrons. The lowest BCUT2D eigenvalue weighted by atomic mass is 9.81. The van der Waals surface area contributed by atoms with Gasteiger partial charge < -0.3 is 24.4 Å². The van der Waals surface area contributed by atoms with Crippen LogP contribution in [0.4, 0.5) is 4.39 Å². The Bertz CT molecular complexity index is 2440. The van der Waals surface area contributed by atoms with E-state index in [2.05, 4.69) is 108 Å². The van der Waals surface area contributed by atoms with Gasteiger partial charge in [-0.2, -0.15) is 0 Å². The molecule has 0 amide bonds. The van der Waals surface area contributed by atoms with E-state index in [1.807, 2.05) is 18.2 Å². The first-order valence-electron chi connectivity index (χ1n) is 24.6. The average molecular weight is 925 g/mol. The maximum absolute atomic E-state index is 15.9. The monoisotopic (exact) mass is 925 g/mol. The summed E-state index contributed by atoms with van der Waals surface area (Å²) < 4.78 is 33.6. The Hall–Kier alpha value is -5.83. The molecule has 5 aromatic rings. The van der Waals surface area contributed by atoms with Gasteiger partial charge in [0.15, 0.2) is 0 Å². The number of rotatable bonds is 27. The zero-order chi connectivity index (χ0) is 49.2. The second-order valence-corrected chi connectivity index (χ2v) is 18.3. The highest BCUT2D eigenvalue weighted by Gasteiger charge is 2.29. The number of aliphatic hydroxyl groups excluding tert-OH is 2. The van der Waals surface area contributed by atoms with Crippen molar-refractivity contribution in [3.8, 4) is 50.3 Å². The molecule has 0 aliphatic carbocycles. The lowest BCUT2D eigenvalue weighted by Gasteiger charge is -2.30. The van der Waals surface area contributed by atoms with Gasteiger partial charge >= 0.3 is 11.9 Å². The fourth-order valence-corrected chi connectivity index (χ4v) is 8.72. The Morgan fingerprint density at radius 2 is 1.03 bits per heavy atom. The summed E-state index contributed by atoms with van der Waals surface area (Å²) in [5.41, 5.74) is 12.9. The molecule has 0 aromatic heterocycles. The highest BCUT2D eigenvalue weighted by atomic mass is 19.1. The number of ether oxygens (including phenoxy) is 3. The van der Waals surface area contributed by atoms with E-state index in [1.54, 1.807) is 19.9 Å². The van der Waals surface area contributed by atoms with Gasteiger partial charge in [0.25, 0.3) is 0 Å². The van der Waals surface area contributed by atoms with Crippen molar-refractivity contribution in [3.05, 3.63) is 149 Å². The number of aryl methyl sites for hydroxylation is 5. The molecule has 0 aliphatic rings. The molecule has 0 saturated heterocycles. The zero-order valence-electron chi connectivity index (χ0n) is 41.4. The summed E-state index contributed by atoms with van der Waals surface area (Å²) in [6, 6.07) is 31.1. The highest BCUT2D eigenvalue weighted by Crippen LogP contribution is 2.39. The molecule has 0 bridgehead atoms. The number of esters is 2. The van der Waals surface area contributed by atoms with Crippen molar-refractivity contribution < 1.29 is 38.4 Å². The first kappa shape index (κ1) is 53.1. The van der Waals surface area contributed by atoms with Gasteiger partial charge in [-0.1, -0.05) is 133 Å². The third-order valence-corrected chi connectivity index (χ3v) is 12.9. The molecule has 2 N–H and O–H groups in total. The standard InChI is InChI=1S/C60H73FO7/c1-9-13-29-60(39-62,40-63)30-33-66-57-50(17-14-31-67-58(64)41(5)6)36-52(37-51(57)18-15-32-68-59(65)42(7)8)53-26-23-47(34-44(53)11-3)48-24-27-54(45(12-4)35-48)55-28-25-49(38-56(55)61)46-21-19-43(16-10-2)20-22-46/h19-28,34-38,62-63H,5,7,9-18,29-33,39-40H2,1-4,6,8H3. The smallest absolute Gasteiger partial charge is 0.333 e. The first-order chi connectivity index (χ1) is 32.8. The van der Waals surface area contributed by atoms with E-state index in [4.69, 9.17) is 14.2 Å². The summed E-state index contributed by atoms with van der Waals surface area (Å²) in [6.07, 6.45) is 8.76. The van der Waals surface area contributed by atoms with Crippen LogP contribution in [0.5, 0.6) is 5.75 Å². The number of carbonyl (C=O) groups excluding carboxylic acids is 2. The molecule has 5 aromatic carbocycles. The molecule has 0 saturated carbocycles. The molecule has 0 heterocycles. The number of unbranched alkanes of at least 4 members (excludes halogenated alkanes) is 1. The van der Waals surface area contributed by atoms with Gasteiger partial charge in [0.05, 0.1) is 33.0 Å². The summed E-state index contributed by atoms with van der Waals surface area (Å²) in [5.74, 6) is -0.405. The fraction of sp³-hybridized carbons (Fsp3) is 0.400. The van der Waals surface area contributed by atoms with Crippen molar-refractivity contribution >= 4 is 11.9 Å². The van der Waals surface area contributed by atoms with Crippen molar-refractivity contribution in [2.24, 2.45) is 5.41 Å². The van der Waals surface area contributed by atoms with Crippen LogP contribution in [0.1, 0.15) is 114 Å². The fourth-order valence-electron chi connectivity index (χ4n) is 8.72. The predicted molar refractivity (Wildman–Crippen MR) is 275 cm³/mol. The van der Waals surface area contributed by atoms with Gasteiger partial charge in [0.1, 0.15) is 11.6 Å². The Labute approximate surface area is 405 Å². The normalized spacial score (nSPS) is 11.4. The maximum Gasteiger partial charge on any atom is 0.333 e. The minimum atomic E-state index is -0.664. The Balaban J connectivity index is 1.51. The molecule has 0 spiro atoms. The molecule has 5 rings (SSSR count). The first-order valence-corrected chi connectivity index (χ1v) is 24.6. The lowest BCUT2D eigenvalue weighted by Crippen LogP contribution is -2.32. The number of hydrogen-bond donors (Lipinski definition) is 2. The second kappa shape index (κ2) is 26.1. The predicted octanol–water partition coefficient (Wildman–Crippen LogP) is 13.6. The molecule has 0 aliphatic heterocycles. The molecular weight excluding hydrogens is 852 g/mol. The minimum absolute atomic E-state index is 0.144. The number of benzene rings is 5. The van der Waals surface area contributed by atoms with Crippen LogP contribution in [0.3, 0.4) is 0 Å². The molecule has 0 unspecified atom stereocenters. The topological polar surface area (TPSA) is 102 Å². The largest absolute Gasteiger partial charge is 0.493 e. The lowest BCUT2D eigenvalue weighted by molar-refractivity contribution is -0.139. The van der Waals surface area contributed by atoms with Crippen LogP contribution >= 0.6 is 0 Å². The van der Waals surface area contributed by atoms with Crippen molar-refractivity contribution in [1.82, 2.24) is 0 Å². The van der Waals surface area contributed by atoms with Crippen LogP contribution < -0.4 is 4.74 Å². The van der Waals surface area contributed by atoms with Gasteiger partial charge in [0.2, 0.25) is 0 Å². The number of hydrogen-bond acceptors (Lipinski definition) is 7. The summed E-state index contributed by atoms with van der Waals surface area (Å²) in [4.78, 5) is 24.6. The summed E-state index contributed by atoms with van der Waals surface area (Å²) in [5, 5.41) is 20.8.